The van der Waals surface area contributed by atoms with E-state index in [1.165, 1.54) is 11.3 Å². The maximum Gasteiger partial charge on any atom is 0.250 e. The highest BCUT2D eigenvalue weighted by molar-refractivity contribution is 7.91. The Bertz CT molecular complexity index is 439. The fraction of sp³-hybridized carbons (Fsp3) is 0.500. The number of unbranched alkanes of at least 4 members (excludes halogenated alkanes) is 2. The Hall–Kier alpha value is -0.920. The molecule has 0 aliphatic rings. The minimum Gasteiger partial charge on any atom is -0.550 e. The molecule has 1 rings (SSSR count). The predicted molar refractivity (Wildman–Crippen MR) is 63.0 cm³/mol. The number of carbonyl (C=O) groups excluding carboxylic acids is 1. The fourth-order valence-corrected chi connectivity index (χ4v) is 3.38. The highest BCUT2D eigenvalue weighted by Gasteiger charge is 2.13. The van der Waals surface area contributed by atoms with Gasteiger partial charge in [-0.1, -0.05) is 12.5 Å². The molecule has 5 nitrogen and oxygen atoms in total. The molecule has 17 heavy (non-hydrogen) atoms. The SMILES string of the molecule is O=C([O-])CCCCCNS(=O)(=O)c1cccs1. The minimum absolute atomic E-state index is 0.0255. The van der Waals surface area contributed by atoms with E-state index in [1.54, 1.807) is 17.5 Å². The second kappa shape index (κ2) is 6.73. The summed E-state index contributed by atoms with van der Waals surface area (Å²) in [5.41, 5.74) is 0. The number of carbonyl (C=O) groups is 1. The van der Waals surface area contributed by atoms with Crippen LogP contribution in [0.1, 0.15) is 25.7 Å². The summed E-state index contributed by atoms with van der Waals surface area (Å²) in [6.07, 6.45) is 1.83. The van der Waals surface area contributed by atoms with E-state index in [9.17, 15) is 18.3 Å². The third kappa shape index (κ3) is 5.29. The quantitative estimate of drug-likeness (QED) is 0.694. The highest BCUT2D eigenvalue weighted by Crippen LogP contribution is 2.15. The van der Waals surface area contributed by atoms with Crippen LogP contribution in [-0.4, -0.2) is 20.9 Å². The van der Waals surface area contributed by atoms with Crippen LogP contribution < -0.4 is 9.83 Å². The first-order valence-corrected chi connectivity index (χ1v) is 7.61. The molecule has 0 aliphatic heterocycles. The number of hydrogen-bond donors (Lipinski definition) is 1. The summed E-state index contributed by atoms with van der Waals surface area (Å²) < 4.78 is 26.0. The lowest BCUT2D eigenvalue weighted by Gasteiger charge is -2.05. The molecule has 0 aliphatic carbocycles. The zero-order chi connectivity index (χ0) is 12.7. The largest absolute Gasteiger partial charge is 0.550 e. The van der Waals surface area contributed by atoms with Gasteiger partial charge in [-0.2, -0.15) is 0 Å². The van der Waals surface area contributed by atoms with Crippen molar-refractivity contribution in [3.63, 3.8) is 0 Å². The topological polar surface area (TPSA) is 86.3 Å². The zero-order valence-electron chi connectivity index (χ0n) is 9.22. The Labute approximate surface area is 105 Å². The normalized spacial score (nSPS) is 11.5. The molecular formula is C10H14NO4S2-. The zero-order valence-corrected chi connectivity index (χ0v) is 10.9. The molecule has 0 unspecified atom stereocenters. The molecule has 0 aromatic carbocycles. The fourth-order valence-electron chi connectivity index (χ4n) is 1.27. The molecule has 0 amide bonds. The number of carboxylic acid groups (broad SMARTS) is 1. The molecule has 0 atom stereocenters. The van der Waals surface area contributed by atoms with Crippen molar-refractivity contribution in [2.75, 3.05) is 6.54 Å². The lowest BCUT2D eigenvalue weighted by molar-refractivity contribution is -0.305. The van der Waals surface area contributed by atoms with Crippen LogP contribution in [0.25, 0.3) is 0 Å². The summed E-state index contributed by atoms with van der Waals surface area (Å²) in [6, 6.07) is 3.22. The lowest BCUT2D eigenvalue weighted by atomic mass is 10.2. The first-order valence-electron chi connectivity index (χ1n) is 5.25. The number of rotatable bonds is 8. The summed E-state index contributed by atoms with van der Waals surface area (Å²) in [4.78, 5) is 10.1. The van der Waals surface area contributed by atoms with Gasteiger partial charge in [0.05, 0.1) is 0 Å². The summed E-state index contributed by atoms with van der Waals surface area (Å²) in [6.45, 7) is 0.327. The Kier molecular flexibility index (Phi) is 5.60. The van der Waals surface area contributed by atoms with Gasteiger partial charge in [-0.05, 0) is 30.7 Å². The molecule has 1 aromatic heterocycles. The molecule has 1 N–H and O–H groups in total. The van der Waals surface area contributed by atoms with Gasteiger partial charge in [0.25, 0.3) is 0 Å². The predicted octanol–water partition coefficient (Wildman–Crippen LogP) is 0.337. The third-order valence-corrected chi connectivity index (χ3v) is 4.97. The molecule has 0 bridgehead atoms. The van der Waals surface area contributed by atoms with Crippen LogP contribution in [0.4, 0.5) is 0 Å². The maximum absolute atomic E-state index is 11.6. The summed E-state index contributed by atoms with van der Waals surface area (Å²) in [7, 11) is -3.38. The number of aliphatic carboxylic acids is 1. The van der Waals surface area contributed by atoms with Crippen molar-refractivity contribution in [1.29, 1.82) is 0 Å². The van der Waals surface area contributed by atoms with Crippen molar-refractivity contribution in [2.24, 2.45) is 0 Å². The monoisotopic (exact) mass is 276 g/mol. The molecule has 0 radical (unpaired) electrons. The lowest BCUT2D eigenvalue weighted by Crippen LogP contribution is -2.24. The van der Waals surface area contributed by atoms with Crippen molar-refractivity contribution in [1.82, 2.24) is 4.72 Å². The van der Waals surface area contributed by atoms with Gasteiger partial charge in [0.2, 0.25) is 10.0 Å². The van der Waals surface area contributed by atoms with Gasteiger partial charge in [-0.25, -0.2) is 13.1 Å². The van der Waals surface area contributed by atoms with Gasteiger partial charge >= 0.3 is 0 Å². The van der Waals surface area contributed by atoms with Crippen LogP contribution in [0.3, 0.4) is 0 Å². The summed E-state index contributed by atoms with van der Waals surface area (Å²) >= 11 is 1.17. The van der Waals surface area contributed by atoms with E-state index in [4.69, 9.17) is 0 Å². The van der Waals surface area contributed by atoms with Gasteiger partial charge in [0.15, 0.2) is 0 Å². The van der Waals surface area contributed by atoms with Gasteiger partial charge in [-0.3, -0.25) is 0 Å². The van der Waals surface area contributed by atoms with Gasteiger partial charge < -0.3 is 9.90 Å². The van der Waals surface area contributed by atoms with Crippen LogP contribution in [0.2, 0.25) is 0 Å². The maximum atomic E-state index is 11.6. The second-order valence-electron chi connectivity index (χ2n) is 3.51. The third-order valence-electron chi connectivity index (χ3n) is 2.11. The van der Waals surface area contributed by atoms with Crippen LogP contribution in [-0.2, 0) is 14.8 Å². The molecule has 0 fully saturated rings. The Balaban J connectivity index is 2.21. The van der Waals surface area contributed by atoms with E-state index < -0.39 is 16.0 Å². The Morgan fingerprint density at radius 3 is 2.71 bits per heavy atom. The van der Waals surface area contributed by atoms with E-state index in [0.717, 1.165) is 0 Å². The first-order chi connectivity index (χ1) is 8.02. The van der Waals surface area contributed by atoms with E-state index >= 15 is 0 Å². The average Bonchev–Trinajstić information content (AvgIpc) is 2.76. The van der Waals surface area contributed by atoms with Crippen molar-refractivity contribution < 1.29 is 18.3 Å². The van der Waals surface area contributed by atoms with Gasteiger partial charge in [0.1, 0.15) is 4.21 Å². The van der Waals surface area contributed by atoms with Gasteiger partial charge in [0, 0.05) is 12.5 Å². The van der Waals surface area contributed by atoms with E-state index in [1.807, 2.05) is 0 Å². The molecule has 0 saturated carbocycles. The van der Waals surface area contributed by atoms with Crippen LogP contribution in [0.5, 0.6) is 0 Å². The number of thiophene rings is 1. The average molecular weight is 276 g/mol. The van der Waals surface area contributed by atoms with Crippen molar-refractivity contribution >= 4 is 27.3 Å². The number of sulfonamides is 1. The number of hydrogen-bond acceptors (Lipinski definition) is 5. The molecule has 0 spiro atoms. The Morgan fingerprint density at radius 1 is 1.35 bits per heavy atom. The molecule has 1 heterocycles. The molecule has 7 heteroatoms. The molecular weight excluding hydrogens is 262 g/mol. The standard InChI is InChI=1S/C10H15NO4S2/c12-9(13)5-2-1-3-7-11-17(14,15)10-6-4-8-16-10/h4,6,8,11H,1-3,5,7H2,(H,12,13)/p-1. The van der Waals surface area contributed by atoms with Crippen LogP contribution in [0.15, 0.2) is 21.7 Å². The number of carboxylic acids is 1. The molecule has 1 aromatic rings. The first kappa shape index (κ1) is 14.1. The van der Waals surface area contributed by atoms with E-state index in [2.05, 4.69) is 4.72 Å². The molecule has 0 saturated heterocycles. The van der Waals surface area contributed by atoms with Crippen LogP contribution in [0, 0.1) is 0 Å². The van der Waals surface area contributed by atoms with Crippen molar-refractivity contribution in [3.05, 3.63) is 17.5 Å². The number of nitrogens with one attached hydrogen (secondary N) is 1. The molecule has 96 valence electrons. The smallest absolute Gasteiger partial charge is 0.250 e. The second-order valence-corrected chi connectivity index (χ2v) is 6.45. The van der Waals surface area contributed by atoms with Gasteiger partial charge in [-0.15, -0.1) is 11.3 Å². The van der Waals surface area contributed by atoms with E-state index in [0.29, 0.717) is 30.0 Å². The minimum atomic E-state index is -3.38. The van der Waals surface area contributed by atoms with Crippen molar-refractivity contribution in [3.8, 4) is 0 Å². The summed E-state index contributed by atoms with van der Waals surface area (Å²) in [5, 5.41) is 11.8. The van der Waals surface area contributed by atoms with Crippen molar-refractivity contribution in [2.45, 2.75) is 29.9 Å². The van der Waals surface area contributed by atoms with Crippen LogP contribution >= 0.6 is 11.3 Å². The Morgan fingerprint density at radius 2 is 2.12 bits per heavy atom. The highest BCUT2D eigenvalue weighted by atomic mass is 32.2. The summed E-state index contributed by atoms with van der Waals surface area (Å²) in [5.74, 6) is -1.07. The van der Waals surface area contributed by atoms with E-state index in [-0.39, 0.29) is 6.42 Å².